The molecule has 2 aromatic rings. The first-order valence-corrected chi connectivity index (χ1v) is 10.2. The lowest BCUT2D eigenvalue weighted by atomic mass is 10.1. The van der Waals surface area contributed by atoms with Crippen LogP contribution < -0.4 is 11.0 Å². The quantitative estimate of drug-likeness (QED) is 0.798. The molecule has 8 nitrogen and oxygen atoms in total. The van der Waals surface area contributed by atoms with E-state index in [2.05, 4.69) is 10.5 Å². The van der Waals surface area contributed by atoms with Gasteiger partial charge in [0.15, 0.2) is 0 Å². The van der Waals surface area contributed by atoms with Crippen molar-refractivity contribution >= 4 is 32.0 Å². The van der Waals surface area contributed by atoms with E-state index >= 15 is 0 Å². The summed E-state index contributed by atoms with van der Waals surface area (Å²) in [6.45, 7) is 1.72. The van der Waals surface area contributed by atoms with E-state index in [1.54, 1.807) is 30.8 Å². The van der Waals surface area contributed by atoms with Crippen molar-refractivity contribution in [2.75, 3.05) is 5.43 Å². The van der Waals surface area contributed by atoms with Crippen LogP contribution in [0.2, 0.25) is 0 Å². The number of ketones is 1. The van der Waals surface area contributed by atoms with Crippen LogP contribution >= 0.6 is 0 Å². The lowest BCUT2D eigenvalue weighted by Crippen LogP contribution is -2.22. The van der Waals surface area contributed by atoms with Gasteiger partial charge in [-0.2, -0.15) is 5.10 Å². The molecule has 1 aromatic heterocycles. The summed E-state index contributed by atoms with van der Waals surface area (Å²) >= 11 is 0. The summed E-state index contributed by atoms with van der Waals surface area (Å²) in [6.07, 6.45) is 7.55. The van der Waals surface area contributed by atoms with E-state index in [4.69, 9.17) is 0 Å². The molecule has 1 aliphatic heterocycles. The number of rotatable bonds is 3. The molecule has 1 aromatic carbocycles. The van der Waals surface area contributed by atoms with E-state index in [0.29, 0.717) is 5.69 Å². The minimum atomic E-state index is -4.02. The third-order valence-corrected chi connectivity index (χ3v) is 6.63. The normalized spacial score (nSPS) is 19.0. The minimum absolute atomic E-state index is 0.0692. The summed E-state index contributed by atoms with van der Waals surface area (Å²) in [5, 5.41) is 3.22. The van der Waals surface area contributed by atoms with Crippen LogP contribution in [0, 0.1) is 6.92 Å². The monoisotopic (exact) mass is 398 g/mol. The number of hydrazone groups is 1. The van der Waals surface area contributed by atoms with Gasteiger partial charge >= 0.3 is 0 Å². The molecule has 1 N–H and O–H groups in total. The first-order chi connectivity index (χ1) is 13.3. The van der Waals surface area contributed by atoms with E-state index in [9.17, 15) is 18.0 Å². The van der Waals surface area contributed by atoms with Crippen molar-refractivity contribution < 1.29 is 13.2 Å². The van der Waals surface area contributed by atoms with Gasteiger partial charge in [-0.15, -0.1) is 0 Å². The number of benzene rings is 1. The maximum Gasteiger partial charge on any atom is 0.296 e. The van der Waals surface area contributed by atoms with Gasteiger partial charge in [-0.25, -0.2) is 13.1 Å². The predicted octanol–water partition coefficient (Wildman–Crippen LogP) is 2.08. The fourth-order valence-corrected chi connectivity index (χ4v) is 4.77. The zero-order valence-corrected chi connectivity index (χ0v) is 16.2. The van der Waals surface area contributed by atoms with E-state index < -0.39 is 20.7 Å². The Labute approximate surface area is 161 Å². The van der Waals surface area contributed by atoms with Crippen LogP contribution in [0.25, 0.3) is 5.70 Å². The molecule has 0 fully saturated rings. The van der Waals surface area contributed by atoms with Gasteiger partial charge in [-0.05, 0) is 38.0 Å². The highest BCUT2D eigenvalue weighted by Gasteiger charge is 2.41. The van der Waals surface area contributed by atoms with Crippen molar-refractivity contribution in [1.82, 2.24) is 9.36 Å². The molecule has 0 radical (unpaired) electrons. The fourth-order valence-electron chi connectivity index (χ4n) is 3.33. The first kappa shape index (κ1) is 18.2. The largest absolute Gasteiger partial charge is 0.296 e. The summed E-state index contributed by atoms with van der Waals surface area (Å²) in [4.78, 5) is 25.3. The van der Waals surface area contributed by atoms with Gasteiger partial charge in [0, 0.05) is 12.6 Å². The highest BCUT2D eigenvalue weighted by Crippen LogP contribution is 2.28. The predicted molar refractivity (Wildman–Crippen MR) is 106 cm³/mol. The number of Topliss-reactive ketones (excluding diaryl/α,β-unsaturated/α-hetero) is 1. The van der Waals surface area contributed by atoms with Crippen molar-refractivity contribution in [3.05, 3.63) is 64.1 Å². The summed E-state index contributed by atoms with van der Waals surface area (Å²) in [6, 6.07) is 5.95. The summed E-state index contributed by atoms with van der Waals surface area (Å²) < 4.78 is 28.4. The average molecular weight is 398 g/mol. The second-order valence-corrected chi connectivity index (χ2v) is 8.40. The smallest absolute Gasteiger partial charge is 0.286 e. The number of allylic oxidation sites excluding steroid dienone is 4. The number of fused-ring (bicyclic) bond motifs is 1. The molecule has 2 heterocycles. The maximum absolute atomic E-state index is 12.9. The molecule has 0 amide bonds. The van der Waals surface area contributed by atoms with E-state index in [1.807, 2.05) is 18.2 Å². The van der Waals surface area contributed by atoms with Gasteiger partial charge in [-0.1, -0.05) is 24.3 Å². The van der Waals surface area contributed by atoms with Crippen molar-refractivity contribution in [3.8, 4) is 0 Å². The zero-order chi connectivity index (χ0) is 20.1. The number of anilines is 1. The van der Waals surface area contributed by atoms with Gasteiger partial charge < -0.3 is 0 Å². The van der Waals surface area contributed by atoms with Gasteiger partial charge in [0.25, 0.3) is 5.56 Å². The number of carbonyl (C=O) groups excluding carboxylic acids is 1. The molecule has 4 rings (SSSR count). The van der Waals surface area contributed by atoms with Crippen molar-refractivity contribution in [2.45, 2.75) is 24.7 Å². The Morgan fingerprint density at radius 1 is 1.14 bits per heavy atom. The standard InChI is InChI=1S/C19H18N4O4S/c1-12-16(19(25)23(22(12)2)13-8-4-3-5-9-13)20-21-18-17(24)14-10-6-7-11-15(14)28(18,26)27/h4,6-11,20H,3,5H2,1-2H3. The third-order valence-electron chi connectivity index (χ3n) is 4.91. The molecule has 0 atom stereocenters. The first-order valence-electron chi connectivity index (χ1n) is 8.72. The SMILES string of the molecule is Cc1c(NN=C2C(=O)c3ccccc3S2(=O)=O)c(=O)n(C2=CCCC=C2)n1C. The summed E-state index contributed by atoms with van der Waals surface area (Å²) in [5.41, 5.74) is 3.66. The van der Waals surface area contributed by atoms with Crippen molar-refractivity contribution in [2.24, 2.45) is 12.1 Å². The van der Waals surface area contributed by atoms with Gasteiger partial charge in [0.1, 0.15) is 5.69 Å². The number of hydrogen-bond acceptors (Lipinski definition) is 6. The number of nitrogens with zero attached hydrogens (tertiary/aromatic N) is 3. The van der Waals surface area contributed by atoms with Gasteiger partial charge in [-0.3, -0.25) is 19.7 Å². The molecule has 0 spiro atoms. The molecule has 9 heteroatoms. The van der Waals surface area contributed by atoms with Crippen LogP contribution in [0.4, 0.5) is 5.69 Å². The number of carbonyl (C=O) groups is 1. The Morgan fingerprint density at radius 2 is 1.89 bits per heavy atom. The molecule has 0 saturated carbocycles. The molecular formula is C19H18N4O4S. The Kier molecular flexibility index (Phi) is 4.19. The number of hydrogen-bond donors (Lipinski definition) is 1. The van der Waals surface area contributed by atoms with Crippen LogP contribution in [0.1, 0.15) is 28.9 Å². The molecule has 0 bridgehead atoms. The minimum Gasteiger partial charge on any atom is -0.286 e. The van der Waals surface area contributed by atoms with Crippen LogP contribution in [0.5, 0.6) is 0 Å². The average Bonchev–Trinajstić information content (AvgIpc) is 3.02. The van der Waals surface area contributed by atoms with Crippen molar-refractivity contribution in [1.29, 1.82) is 0 Å². The molecule has 144 valence electrons. The van der Waals surface area contributed by atoms with Crippen LogP contribution in [-0.2, 0) is 16.9 Å². The summed E-state index contributed by atoms with van der Waals surface area (Å²) in [5.74, 6) is -0.685. The second kappa shape index (κ2) is 6.45. The molecule has 0 unspecified atom stereocenters. The lowest BCUT2D eigenvalue weighted by Gasteiger charge is -2.11. The summed E-state index contributed by atoms with van der Waals surface area (Å²) in [7, 11) is -2.29. The molecule has 1 aliphatic carbocycles. The second-order valence-electron chi connectivity index (χ2n) is 6.57. The maximum atomic E-state index is 12.9. The van der Waals surface area contributed by atoms with Crippen LogP contribution in [0.15, 0.2) is 57.3 Å². The Hall–Kier alpha value is -3.20. The third kappa shape index (κ3) is 2.58. The topological polar surface area (TPSA) is 103 Å². The van der Waals surface area contributed by atoms with Crippen LogP contribution in [-0.4, -0.2) is 28.6 Å². The molecule has 28 heavy (non-hydrogen) atoms. The van der Waals surface area contributed by atoms with Gasteiger partial charge in [0.05, 0.1) is 16.3 Å². The molecular weight excluding hydrogens is 380 g/mol. The van der Waals surface area contributed by atoms with Crippen molar-refractivity contribution in [3.63, 3.8) is 0 Å². The number of nitrogens with one attached hydrogen (secondary N) is 1. The highest BCUT2D eigenvalue weighted by atomic mass is 32.2. The van der Waals surface area contributed by atoms with Crippen LogP contribution in [0.3, 0.4) is 0 Å². The van der Waals surface area contributed by atoms with E-state index in [-0.39, 0.29) is 21.7 Å². The lowest BCUT2D eigenvalue weighted by molar-refractivity contribution is 0.106. The number of sulfone groups is 1. The highest BCUT2D eigenvalue weighted by molar-refractivity contribution is 8.09. The van der Waals surface area contributed by atoms with E-state index in [1.165, 1.54) is 16.8 Å². The molecule has 0 saturated heterocycles. The molecule has 2 aliphatic rings. The fraction of sp³-hybridized carbons (Fsp3) is 0.211. The van der Waals surface area contributed by atoms with Gasteiger partial charge in [0.2, 0.25) is 20.7 Å². The Morgan fingerprint density at radius 3 is 2.57 bits per heavy atom. The Bertz CT molecular complexity index is 1260. The van der Waals surface area contributed by atoms with E-state index in [0.717, 1.165) is 18.5 Å². The number of aromatic nitrogens is 2. The Balaban J connectivity index is 1.76. The zero-order valence-electron chi connectivity index (χ0n) is 15.3.